The van der Waals surface area contributed by atoms with Gasteiger partial charge in [0.25, 0.3) is 0 Å². The van der Waals surface area contributed by atoms with Gasteiger partial charge in [-0.05, 0) is 32.1 Å². The highest BCUT2D eigenvalue weighted by atomic mass is 16.5. The zero-order valence-electron chi connectivity index (χ0n) is 25.8. The highest BCUT2D eigenvalue weighted by Gasteiger charge is 2.39. The molecule has 5 aromatic carbocycles. The smallest absolute Gasteiger partial charge is 0.194 e. The summed E-state index contributed by atoms with van der Waals surface area (Å²) in [6.07, 6.45) is 3.64. The molecular formula is C35H34N2O7. The van der Waals surface area contributed by atoms with Gasteiger partial charge in [0.15, 0.2) is 22.4 Å². The van der Waals surface area contributed by atoms with Crippen molar-refractivity contribution >= 4 is 66.3 Å². The molecule has 0 saturated carbocycles. The predicted molar refractivity (Wildman–Crippen MR) is 175 cm³/mol. The van der Waals surface area contributed by atoms with Crippen LogP contribution in [-0.2, 0) is 4.79 Å². The first-order valence-corrected chi connectivity index (χ1v) is 14.8. The molecule has 0 radical (unpaired) electrons. The number of anilines is 2. The largest absolute Gasteiger partial charge is 0.504 e. The fourth-order valence-electron chi connectivity index (χ4n) is 7.84. The van der Waals surface area contributed by atoms with Crippen molar-refractivity contribution in [1.82, 2.24) is 0 Å². The Kier molecular flexibility index (Phi) is 5.95. The molecule has 0 bridgehead atoms. The number of aromatic hydroxyl groups is 1. The number of ether oxygens (including phenoxy) is 3. The molecule has 0 saturated heterocycles. The molecule has 44 heavy (non-hydrogen) atoms. The maximum Gasteiger partial charge on any atom is 0.194 e. The zero-order chi connectivity index (χ0) is 31.4. The quantitative estimate of drug-likeness (QED) is 0.158. The van der Waals surface area contributed by atoms with Crippen LogP contribution in [0.1, 0.15) is 57.6 Å². The van der Waals surface area contributed by atoms with E-state index in [4.69, 9.17) is 14.2 Å². The molecule has 0 fully saturated rings. The van der Waals surface area contributed by atoms with Gasteiger partial charge in [-0.3, -0.25) is 14.4 Å². The number of nitrogens with one attached hydrogen (secondary N) is 2. The van der Waals surface area contributed by atoms with Crippen molar-refractivity contribution in [3.05, 3.63) is 49.3 Å². The van der Waals surface area contributed by atoms with E-state index < -0.39 is 11.3 Å². The summed E-state index contributed by atoms with van der Waals surface area (Å²) in [6, 6.07) is 2.81. The van der Waals surface area contributed by atoms with Gasteiger partial charge in [-0.25, -0.2) is 0 Å². The highest BCUT2D eigenvalue weighted by molar-refractivity contribution is 6.40. The molecule has 0 aromatic heterocycles. The van der Waals surface area contributed by atoms with E-state index in [1.54, 1.807) is 0 Å². The Bertz CT molecular complexity index is 2230. The van der Waals surface area contributed by atoms with Gasteiger partial charge in [-0.2, -0.15) is 0 Å². The van der Waals surface area contributed by atoms with Crippen molar-refractivity contribution < 1.29 is 24.1 Å². The van der Waals surface area contributed by atoms with Crippen LogP contribution in [0.25, 0.3) is 49.2 Å². The van der Waals surface area contributed by atoms with Gasteiger partial charge in [0, 0.05) is 56.7 Å². The monoisotopic (exact) mass is 594 g/mol. The molecule has 1 heterocycles. The molecule has 2 aliphatic rings. The molecule has 1 aliphatic carbocycles. The molecule has 9 nitrogen and oxygen atoms in total. The van der Waals surface area contributed by atoms with Crippen LogP contribution in [-0.4, -0.2) is 44.3 Å². The Morgan fingerprint density at radius 1 is 0.864 bits per heavy atom. The summed E-state index contributed by atoms with van der Waals surface area (Å²) in [5.74, 6) is -0.635. The first-order valence-electron chi connectivity index (χ1n) is 14.8. The van der Waals surface area contributed by atoms with Crippen LogP contribution in [0.2, 0.25) is 0 Å². The van der Waals surface area contributed by atoms with E-state index in [9.17, 15) is 19.5 Å². The summed E-state index contributed by atoms with van der Waals surface area (Å²) in [7, 11) is 4.39. The number of phenols is 1. The second-order valence-corrected chi connectivity index (χ2v) is 12.0. The number of ketones is 1. The maximum absolute atomic E-state index is 14.2. The van der Waals surface area contributed by atoms with E-state index in [1.807, 2.05) is 13.0 Å². The van der Waals surface area contributed by atoms with Crippen molar-refractivity contribution in [3.8, 4) is 23.0 Å². The number of rotatable bonds is 6. The third kappa shape index (κ3) is 3.27. The number of phenolic OH excluding ortho intramolecular Hbond substituents is 1. The van der Waals surface area contributed by atoms with Crippen molar-refractivity contribution in [3.63, 3.8) is 0 Å². The molecule has 3 N–H and O–H groups in total. The van der Waals surface area contributed by atoms with Gasteiger partial charge in [0.05, 0.1) is 54.9 Å². The van der Waals surface area contributed by atoms with Crippen molar-refractivity contribution in [1.29, 1.82) is 0 Å². The van der Waals surface area contributed by atoms with Gasteiger partial charge in [0.1, 0.15) is 17.3 Å². The lowest BCUT2D eigenvalue weighted by Gasteiger charge is -2.41. The Hall–Kier alpha value is -4.79. The van der Waals surface area contributed by atoms with Crippen molar-refractivity contribution in [2.75, 3.05) is 38.5 Å². The summed E-state index contributed by atoms with van der Waals surface area (Å²) < 4.78 is 17.5. The van der Waals surface area contributed by atoms with Gasteiger partial charge < -0.3 is 30.0 Å². The Morgan fingerprint density at radius 3 is 2.00 bits per heavy atom. The fraction of sp³-hybridized carbons (Fsp3) is 0.343. The van der Waals surface area contributed by atoms with Gasteiger partial charge in [-0.1, -0.05) is 25.5 Å². The molecule has 9 heteroatoms. The second kappa shape index (κ2) is 9.35. The van der Waals surface area contributed by atoms with Crippen LogP contribution in [0, 0.1) is 0 Å². The number of carbonyl (C=O) groups is 1. The molecule has 7 rings (SSSR count). The Balaban J connectivity index is 1.94. The molecule has 226 valence electrons. The number of fused-ring (bicyclic) bond motifs is 4. The summed E-state index contributed by atoms with van der Waals surface area (Å²) in [4.78, 5) is 41.4. The Morgan fingerprint density at radius 2 is 1.45 bits per heavy atom. The fourth-order valence-corrected chi connectivity index (χ4v) is 7.84. The third-order valence-corrected chi connectivity index (χ3v) is 10.0. The van der Waals surface area contributed by atoms with E-state index in [1.165, 1.54) is 40.4 Å². The van der Waals surface area contributed by atoms with E-state index in [2.05, 4.69) is 24.5 Å². The van der Waals surface area contributed by atoms with E-state index in [0.29, 0.717) is 61.2 Å². The lowest BCUT2D eigenvalue weighted by molar-refractivity contribution is -0.117. The number of methoxy groups -OCH3 is 3. The minimum absolute atomic E-state index is 0.0519. The average Bonchev–Trinajstić information content (AvgIpc) is 3.14. The van der Waals surface area contributed by atoms with Gasteiger partial charge in [-0.15, -0.1) is 0 Å². The third-order valence-electron chi connectivity index (χ3n) is 10.0. The lowest BCUT2D eigenvalue weighted by Crippen LogP contribution is -2.47. The summed E-state index contributed by atoms with van der Waals surface area (Å²) >= 11 is 0. The topological polar surface area (TPSA) is 123 Å². The van der Waals surface area contributed by atoms with Crippen LogP contribution in [0.15, 0.2) is 27.3 Å². The molecule has 0 spiro atoms. The SMILES string of the molecule is CCC1(CC)CNc2c(c3c(=O)cc(OC)c4c5c(OC)cc(=O)c6c(O)c(OC)c7c(c(c2C=C(C)C7C(C)=O)c34)c65)N1. The maximum atomic E-state index is 14.2. The standard InChI is InChI=1S/C35H34N2O7/c1-8-35(9-2)13-36-31-16-10-14(3)21(15(4)38)30-28-22(16)27-23(32(31)37-35)17(39)11-19(42-5)25(27)26-20(43-6)12-18(40)24(29(26)28)33(41)34(30)44-7/h10-12,21,36-37,41H,8-9,13H2,1-7H3. The number of allylic oxidation sites excluding steroid dienone is 1. The zero-order valence-corrected chi connectivity index (χ0v) is 25.8. The first kappa shape index (κ1) is 28.0. The number of benzene rings is 5. The molecular weight excluding hydrogens is 560 g/mol. The van der Waals surface area contributed by atoms with Gasteiger partial charge >= 0.3 is 0 Å². The highest BCUT2D eigenvalue weighted by Crippen LogP contribution is 2.58. The average molecular weight is 595 g/mol. The van der Waals surface area contributed by atoms with E-state index in [-0.39, 0.29) is 39.4 Å². The van der Waals surface area contributed by atoms with Crippen molar-refractivity contribution in [2.45, 2.75) is 52.0 Å². The number of carbonyl (C=O) groups excluding carboxylic acids is 1. The van der Waals surface area contributed by atoms with Crippen LogP contribution in [0.4, 0.5) is 11.4 Å². The number of hydrogen-bond acceptors (Lipinski definition) is 9. The molecule has 0 amide bonds. The van der Waals surface area contributed by atoms with Crippen LogP contribution in [0.3, 0.4) is 0 Å². The summed E-state index contributed by atoms with van der Waals surface area (Å²) in [6.45, 7) is 8.27. The molecule has 5 aromatic rings. The normalized spacial score (nSPS) is 17.0. The van der Waals surface area contributed by atoms with Crippen LogP contribution < -0.4 is 35.7 Å². The lowest BCUT2D eigenvalue weighted by atomic mass is 9.80. The first-order chi connectivity index (χ1) is 21.1. The van der Waals surface area contributed by atoms with E-state index in [0.717, 1.165) is 29.7 Å². The molecule has 1 unspecified atom stereocenters. The van der Waals surface area contributed by atoms with Crippen LogP contribution >= 0.6 is 0 Å². The van der Waals surface area contributed by atoms with Gasteiger partial charge in [0.2, 0.25) is 0 Å². The van der Waals surface area contributed by atoms with Crippen molar-refractivity contribution in [2.24, 2.45) is 0 Å². The summed E-state index contributed by atoms with van der Waals surface area (Å²) in [5.41, 5.74) is 2.45. The minimum Gasteiger partial charge on any atom is -0.504 e. The molecule has 1 atom stereocenters. The number of Topliss-reactive ketones (excluding diaryl/α,β-unsaturated/α-hetero) is 1. The predicted octanol–water partition coefficient (Wildman–Crippen LogP) is 6.11. The second-order valence-electron chi connectivity index (χ2n) is 12.0. The number of hydrogen-bond donors (Lipinski definition) is 3. The summed E-state index contributed by atoms with van der Waals surface area (Å²) in [5, 5.41) is 23.1. The van der Waals surface area contributed by atoms with Crippen LogP contribution in [0.5, 0.6) is 23.0 Å². The minimum atomic E-state index is -0.789. The Labute approximate surface area is 253 Å². The van der Waals surface area contributed by atoms with E-state index >= 15 is 0 Å². The molecule has 1 aliphatic heterocycles.